The van der Waals surface area contributed by atoms with Gasteiger partial charge in [-0.25, -0.2) is 0 Å². The Morgan fingerprint density at radius 3 is 2.46 bits per heavy atom. The summed E-state index contributed by atoms with van der Waals surface area (Å²) in [5, 5.41) is 0.158. The summed E-state index contributed by atoms with van der Waals surface area (Å²) in [6, 6.07) is 7.03. The number of hydrogen-bond donors (Lipinski definition) is 0. The molecule has 2 nitrogen and oxygen atoms in total. The Bertz CT molecular complexity index is 307. The van der Waals surface area contributed by atoms with Crippen LogP contribution in [0.25, 0.3) is 0 Å². The van der Waals surface area contributed by atoms with Gasteiger partial charge in [0.05, 0.1) is 5.38 Å². The topological polar surface area (TPSA) is 26.3 Å². The first-order valence-electron chi connectivity index (χ1n) is 4.15. The van der Waals surface area contributed by atoms with Crippen LogP contribution in [0.1, 0.15) is 16.8 Å². The lowest BCUT2D eigenvalue weighted by Crippen LogP contribution is -1.99. The third-order valence-electron chi connectivity index (χ3n) is 1.96. The largest absolute Gasteiger partial charge is 0.489 e. The van der Waals surface area contributed by atoms with Crippen LogP contribution in [0.2, 0.25) is 0 Å². The standard InChI is InChI=1S/C10H9ClO2/c11-9-5-10(9)13-8-3-1-7(6-12)2-4-8/h1-4,6,9-10H,5H2. The van der Waals surface area contributed by atoms with Crippen LogP contribution < -0.4 is 4.74 Å². The molecule has 0 heterocycles. The van der Waals surface area contributed by atoms with Crippen molar-refractivity contribution in [2.24, 2.45) is 0 Å². The quantitative estimate of drug-likeness (QED) is 0.548. The van der Waals surface area contributed by atoms with E-state index in [4.69, 9.17) is 16.3 Å². The van der Waals surface area contributed by atoms with E-state index in [9.17, 15) is 4.79 Å². The van der Waals surface area contributed by atoms with Crippen molar-refractivity contribution in [1.29, 1.82) is 0 Å². The summed E-state index contributed by atoms with van der Waals surface area (Å²) in [7, 11) is 0. The third-order valence-corrected chi connectivity index (χ3v) is 2.42. The SMILES string of the molecule is O=Cc1ccc(OC2CC2Cl)cc1. The molecule has 1 aliphatic carbocycles. The summed E-state index contributed by atoms with van der Waals surface area (Å²) >= 11 is 5.78. The van der Waals surface area contributed by atoms with Crippen LogP contribution in [0, 0.1) is 0 Å². The molecule has 68 valence electrons. The lowest BCUT2D eigenvalue weighted by Gasteiger charge is -2.03. The monoisotopic (exact) mass is 196 g/mol. The normalized spacial score (nSPS) is 25.3. The molecule has 1 fully saturated rings. The highest BCUT2D eigenvalue weighted by atomic mass is 35.5. The molecule has 1 aliphatic rings. The number of carbonyl (C=O) groups is 1. The second kappa shape index (κ2) is 3.38. The van der Waals surface area contributed by atoms with Gasteiger partial charge in [-0.2, -0.15) is 0 Å². The van der Waals surface area contributed by atoms with Gasteiger partial charge in [0.2, 0.25) is 0 Å². The summed E-state index contributed by atoms with van der Waals surface area (Å²) in [4.78, 5) is 10.3. The molecule has 0 aromatic heterocycles. The van der Waals surface area contributed by atoms with Gasteiger partial charge in [0.15, 0.2) is 0 Å². The van der Waals surface area contributed by atoms with Crippen LogP contribution in [-0.4, -0.2) is 17.8 Å². The Kier molecular flexibility index (Phi) is 2.23. The Morgan fingerprint density at radius 2 is 2.00 bits per heavy atom. The molecule has 0 saturated heterocycles. The summed E-state index contributed by atoms with van der Waals surface area (Å²) < 4.78 is 5.49. The first-order valence-corrected chi connectivity index (χ1v) is 4.59. The van der Waals surface area contributed by atoms with E-state index in [1.54, 1.807) is 24.3 Å². The van der Waals surface area contributed by atoms with Crippen molar-refractivity contribution in [3.8, 4) is 5.75 Å². The number of hydrogen-bond acceptors (Lipinski definition) is 2. The van der Waals surface area contributed by atoms with Gasteiger partial charge in [-0.15, -0.1) is 11.6 Å². The second-order valence-corrected chi connectivity index (χ2v) is 3.66. The molecule has 1 aromatic rings. The zero-order valence-electron chi connectivity index (χ0n) is 6.94. The summed E-state index contributed by atoms with van der Waals surface area (Å²) in [6.07, 6.45) is 1.88. The van der Waals surface area contributed by atoms with Gasteiger partial charge in [-0.1, -0.05) is 0 Å². The van der Waals surface area contributed by atoms with Crippen molar-refractivity contribution in [3.05, 3.63) is 29.8 Å². The van der Waals surface area contributed by atoms with Crippen molar-refractivity contribution in [2.45, 2.75) is 17.9 Å². The van der Waals surface area contributed by atoms with E-state index in [1.807, 2.05) is 0 Å². The van der Waals surface area contributed by atoms with Gasteiger partial charge in [0, 0.05) is 12.0 Å². The van der Waals surface area contributed by atoms with E-state index < -0.39 is 0 Å². The molecule has 13 heavy (non-hydrogen) atoms. The van der Waals surface area contributed by atoms with Gasteiger partial charge >= 0.3 is 0 Å². The molecule has 2 rings (SSSR count). The Balaban J connectivity index is 2.01. The van der Waals surface area contributed by atoms with Crippen LogP contribution in [0.5, 0.6) is 5.75 Å². The van der Waals surface area contributed by atoms with Crippen LogP contribution >= 0.6 is 11.6 Å². The Hall–Kier alpha value is -1.02. The first kappa shape index (κ1) is 8.57. The lowest BCUT2D eigenvalue weighted by atomic mass is 10.2. The van der Waals surface area contributed by atoms with Gasteiger partial charge in [0.25, 0.3) is 0 Å². The number of alkyl halides is 1. The molecule has 1 aromatic carbocycles. The number of rotatable bonds is 3. The molecule has 0 N–H and O–H groups in total. The highest BCUT2D eigenvalue weighted by Gasteiger charge is 2.37. The summed E-state index contributed by atoms with van der Waals surface area (Å²) in [6.45, 7) is 0. The molecule has 0 spiro atoms. The van der Waals surface area contributed by atoms with Crippen molar-refractivity contribution >= 4 is 17.9 Å². The van der Waals surface area contributed by atoms with E-state index in [0.717, 1.165) is 18.5 Å². The molecule has 3 heteroatoms. The van der Waals surface area contributed by atoms with Crippen LogP contribution in [0.15, 0.2) is 24.3 Å². The van der Waals surface area contributed by atoms with Crippen LogP contribution in [0.4, 0.5) is 0 Å². The molecule has 2 atom stereocenters. The fraction of sp³-hybridized carbons (Fsp3) is 0.300. The highest BCUT2D eigenvalue weighted by Crippen LogP contribution is 2.32. The third kappa shape index (κ3) is 2.01. The maximum atomic E-state index is 10.3. The van der Waals surface area contributed by atoms with Crippen LogP contribution in [-0.2, 0) is 0 Å². The van der Waals surface area contributed by atoms with Gasteiger partial charge in [-0.3, -0.25) is 4.79 Å². The van der Waals surface area contributed by atoms with E-state index in [0.29, 0.717) is 5.56 Å². The fourth-order valence-corrected chi connectivity index (χ4v) is 1.29. The van der Waals surface area contributed by atoms with Gasteiger partial charge in [-0.05, 0) is 24.3 Å². The predicted octanol–water partition coefficient (Wildman–Crippen LogP) is 2.26. The highest BCUT2D eigenvalue weighted by molar-refractivity contribution is 6.23. The molecule has 2 unspecified atom stereocenters. The molecule has 0 bridgehead atoms. The molecule has 0 amide bonds. The molecular formula is C10H9ClO2. The number of aldehydes is 1. The zero-order chi connectivity index (χ0) is 9.26. The van der Waals surface area contributed by atoms with E-state index in [-0.39, 0.29) is 11.5 Å². The number of halogens is 1. The Labute approximate surface area is 81.5 Å². The van der Waals surface area contributed by atoms with Crippen molar-refractivity contribution < 1.29 is 9.53 Å². The number of ether oxygens (including phenoxy) is 1. The average Bonchev–Trinajstić information content (AvgIpc) is 2.83. The minimum Gasteiger partial charge on any atom is -0.489 e. The van der Waals surface area contributed by atoms with Gasteiger partial charge < -0.3 is 4.74 Å². The smallest absolute Gasteiger partial charge is 0.150 e. The average molecular weight is 197 g/mol. The number of carbonyl (C=O) groups excluding carboxylic acids is 1. The van der Waals surface area contributed by atoms with Crippen molar-refractivity contribution in [1.82, 2.24) is 0 Å². The predicted molar refractivity (Wildman–Crippen MR) is 50.5 cm³/mol. The van der Waals surface area contributed by atoms with E-state index >= 15 is 0 Å². The molecule has 1 saturated carbocycles. The first-order chi connectivity index (χ1) is 6.29. The van der Waals surface area contributed by atoms with Crippen molar-refractivity contribution in [2.75, 3.05) is 0 Å². The maximum Gasteiger partial charge on any atom is 0.150 e. The zero-order valence-corrected chi connectivity index (χ0v) is 7.70. The maximum absolute atomic E-state index is 10.3. The minimum atomic E-state index is 0.156. The summed E-state index contributed by atoms with van der Waals surface area (Å²) in [5.74, 6) is 0.777. The molecular weight excluding hydrogens is 188 g/mol. The molecule has 0 radical (unpaired) electrons. The molecule has 0 aliphatic heterocycles. The van der Waals surface area contributed by atoms with Gasteiger partial charge in [0.1, 0.15) is 18.1 Å². The van der Waals surface area contributed by atoms with Crippen LogP contribution in [0.3, 0.4) is 0 Å². The lowest BCUT2D eigenvalue weighted by molar-refractivity contribution is 0.112. The second-order valence-electron chi connectivity index (χ2n) is 3.09. The number of benzene rings is 1. The summed E-state index contributed by atoms with van der Waals surface area (Å²) in [5.41, 5.74) is 0.658. The van der Waals surface area contributed by atoms with Crippen molar-refractivity contribution in [3.63, 3.8) is 0 Å². The fourth-order valence-electron chi connectivity index (χ4n) is 1.07. The Morgan fingerprint density at radius 1 is 1.38 bits per heavy atom. The van der Waals surface area contributed by atoms with E-state index in [1.165, 1.54) is 0 Å². The minimum absolute atomic E-state index is 0.156. The van der Waals surface area contributed by atoms with E-state index in [2.05, 4.69) is 0 Å².